The molecular formula is C28H32N4O7. The minimum atomic E-state index is -2.64. The summed E-state index contributed by atoms with van der Waals surface area (Å²) < 4.78 is 2.00. The van der Waals surface area contributed by atoms with Gasteiger partial charge in [0.15, 0.2) is 11.4 Å². The van der Waals surface area contributed by atoms with E-state index < -0.39 is 58.0 Å². The third-order valence-electron chi connectivity index (χ3n) is 8.37. The third-order valence-corrected chi connectivity index (χ3v) is 8.37. The summed E-state index contributed by atoms with van der Waals surface area (Å²) in [6, 6.07) is 6.02. The second kappa shape index (κ2) is 9.37. The number of Topliss-reactive ketones (excluding diaryl/α,β-unsaturated/α-hetero) is 2. The van der Waals surface area contributed by atoms with Gasteiger partial charge in [-0.1, -0.05) is 6.07 Å². The van der Waals surface area contributed by atoms with E-state index in [0.717, 1.165) is 11.3 Å². The molecule has 7 N–H and O–H groups in total. The highest BCUT2D eigenvalue weighted by atomic mass is 16.3. The van der Waals surface area contributed by atoms with E-state index >= 15 is 0 Å². The molecule has 0 bridgehead atoms. The van der Waals surface area contributed by atoms with Gasteiger partial charge in [-0.2, -0.15) is 0 Å². The predicted octanol–water partition coefficient (Wildman–Crippen LogP) is 0.592. The molecule has 1 fully saturated rings. The van der Waals surface area contributed by atoms with Gasteiger partial charge in [0.25, 0.3) is 5.91 Å². The van der Waals surface area contributed by atoms with Crippen LogP contribution in [0.25, 0.3) is 5.76 Å². The van der Waals surface area contributed by atoms with Crippen molar-refractivity contribution in [3.63, 3.8) is 0 Å². The van der Waals surface area contributed by atoms with Gasteiger partial charge in [0, 0.05) is 43.5 Å². The number of aromatic nitrogens is 1. The Kier molecular flexibility index (Phi) is 6.41. The van der Waals surface area contributed by atoms with Crippen LogP contribution in [0, 0.1) is 11.8 Å². The number of aliphatic hydroxyl groups is 3. The van der Waals surface area contributed by atoms with E-state index in [-0.39, 0.29) is 29.7 Å². The van der Waals surface area contributed by atoms with Crippen molar-refractivity contribution in [3.05, 3.63) is 69.8 Å². The van der Waals surface area contributed by atoms with Crippen LogP contribution >= 0.6 is 0 Å². The van der Waals surface area contributed by atoms with Gasteiger partial charge in [-0.25, -0.2) is 0 Å². The first-order valence-corrected chi connectivity index (χ1v) is 12.7. The van der Waals surface area contributed by atoms with Gasteiger partial charge < -0.3 is 36.0 Å². The maximum Gasteiger partial charge on any atom is 0.255 e. The number of phenolic OH excluding ortho intramolecular Hbond substituents is 1. The molecule has 3 aliphatic rings. The number of primary amides is 1. The molecule has 1 heterocycles. The Morgan fingerprint density at radius 3 is 2.51 bits per heavy atom. The van der Waals surface area contributed by atoms with Crippen LogP contribution in [0.2, 0.25) is 0 Å². The molecule has 11 nitrogen and oxygen atoms in total. The van der Waals surface area contributed by atoms with E-state index in [0.29, 0.717) is 18.7 Å². The maximum absolute atomic E-state index is 13.9. The van der Waals surface area contributed by atoms with E-state index in [4.69, 9.17) is 5.73 Å². The van der Waals surface area contributed by atoms with Crippen LogP contribution in [0.5, 0.6) is 5.75 Å². The Hall–Kier alpha value is -3.93. The molecule has 0 unspecified atom stereocenters. The molecule has 206 valence electrons. The lowest BCUT2D eigenvalue weighted by Gasteiger charge is -2.50. The zero-order valence-corrected chi connectivity index (χ0v) is 21.9. The summed E-state index contributed by atoms with van der Waals surface area (Å²) in [5.74, 6) is -6.59. The van der Waals surface area contributed by atoms with Crippen LogP contribution in [0.3, 0.4) is 0 Å². The number of hydrogen-bond acceptors (Lipinski definition) is 9. The fourth-order valence-corrected chi connectivity index (χ4v) is 6.48. The third kappa shape index (κ3) is 3.88. The summed E-state index contributed by atoms with van der Waals surface area (Å²) >= 11 is 0. The van der Waals surface area contributed by atoms with Gasteiger partial charge in [-0.05, 0) is 62.2 Å². The fourth-order valence-electron chi connectivity index (χ4n) is 6.48. The van der Waals surface area contributed by atoms with E-state index in [1.165, 1.54) is 11.0 Å². The topological polar surface area (TPSA) is 178 Å². The highest BCUT2D eigenvalue weighted by molar-refractivity contribution is 6.24. The van der Waals surface area contributed by atoms with E-state index in [2.05, 4.69) is 5.32 Å². The summed E-state index contributed by atoms with van der Waals surface area (Å²) in [7, 11) is 5.09. The molecule has 2 aromatic rings. The molecule has 39 heavy (non-hydrogen) atoms. The number of nitrogens with two attached hydrogens (primary N) is 1. The number of carbonyl (C=O) groups excluding carboxylic acids is 3. The van der Waals surface area contributed by atoms with Gasteiger partial charge in [0.1, 0.15) is 22.8 Å². The Balaban J connectivity index is 1.58. The average molecular weight is 537 g/mol. The zero-order valence-electron chi connectivity index (χ0n) is 21.9. The average Bonchev–Trinajstić information content (AvgIpc) is 3.26. The Bertz CT molecular complexity index is 1470. The van der Waals surface area contributed by atoms with Crippen LogP contribution in [-0.4, -0.2) is 73.1 Å². The van der Waals surface area contributed by atoms with Gasteiger partial charge in [-0.15, -0.1) is 0 Å². The largest absolute Gasteiger partial charge is 0.508 e. The first-order valence-electron chi connectivity index (χ1n) is 12.7. The number of carbonyl (C=O) groups is 3. The van der Waals surface area contributed by atoms with Crippen molar-refractivity contribution < 1.29 is 34.8 Å². The van der Waals surface area contributed by atoms with E-state index in [1.54, 1.807) is 20.2 Å². The number of likely N-dealkylation sites (N-methyl/N-ethyl adjacent to an activating group) is 1. The number of nitrogens with zero attached hydrogens (tertiary/aromatic N) is 2. The molecule has 0 spiro atoms. The Labute approximate surface area is 224 Å². The predicted molar refractivity (Wildman–Crippen MR) is 140 cm³/mol. The molecule has 1 aromatic carbocycles. The number of rotatable bonds is 6. The molecule has 0 aliphatic heterocycles. The number of aliphatic hydroxyl groups excluding tert-OH is 2. The first-order chi connectivity index (χ1) is 18.4. The highest BCUT2D eigenvalue weighted by Gasteiger charge is 2.64. The lowest BCUT2D eigenvalue weighted by Crippen LogP contribution is -2.65. The molecule has 0 saturated heterocycles. The smallest absolute Gasteiger partial charge is 0.255 e. The number of phenols is 1. The lowest BCUT2D eigenvalue weighted by atomic mass is 9.57. The van der Waals surface area contributed by atoms with Gasteiger partial charge in [0.2, 0.25) is 5.78 Å². The number of hydrogen-bond donors (Lipinski definition) is 6. The van der Waals surface area contributed by atoms with Crippen molar-refractivity contribution in [2.75, 3.05) is 14.1 Å². The summed E-state index contributed by atoms with van der Waals surface area (Å²) in [4.78, 5) is 40.6. The molecular weight excluding hydrogens is 504 g/mol. The van der Waals surface area contributed by atoms with Crippen LogP contribution in [-0.2, 0) is 40.9 Å². The summed E-state index contributed by atoms with van der Waals surface area (Å²) in [6.45, 7) is 1.01. The standard InChI is InChI=1S/C28H32N4O7/c1-31(2)22-17-10-14-9-16-13(11-30-12-15-5-4-8-32(15)3)6-7-18(33)20(16)23(34)19(14)25(36)28(17,39)26(37)21(24(22)35)27(29)38/h4-8,14,17,22,30,33-34,37,39H,9-12H2,1-3H3,(H2,29,38)/t14-,17-,22-,28-/m1/s1. The number of amides is 1. The van der Waals surface area contributed by atoms with Crippen molar-refractivity contribution in [2.45, 2.75) is 37.6 Å². The second-order valence-corrected chi connectivity index (χ2v) is 10.8. The van der Waals surface area contributed by atoms with Gasteiger partial charge >= 0.3 is 0 Å². The van der Waals surface area contributed by atoms with Crippen molar-refractivity contribution >= 4 is 23.2 Å². The number of benzene rings is 1. The van der Waals surface area contributed by atoms with Crippen molar-refractivity contribution in [2.24, 2.45) is 24.6 Å². The molecule has 4 atom stereocenters. The zero-order chi connectivity index (χ0) is 28.4. The highest BCUT2D eigenvalue weighted by Crippen LogP contribution is 2.52. The van der Waals surface area contributed by atoms with E-state index in [9.17, 15) is 34.8 Å². The molecule has 11 heteroatoms. The molecule has 1 saturated carbocycles. The van der Waals surface area contributed by atoms with Crippen molar-refractivity contribution in [1.29, 1.82) is 0 Å². The van der Waals surface area contributed by atoms with Crippen LogP contribution < -0.4 is 11.1 Å². The Morgan fingerprint density at radius 1 is 1.18 bits per heavy atom. The monoisotopic (exact) mass is 536 g/mol. The van der Waals surface area contributed by atoms with Crippen molar-refractivity contribution in [1.82, 2.24) is 14.8 Å². The quantitative estimate of drug-likeness (QED) is 0.288. The minimum absolute atomic E-state index is 0.0532. The van der Waals surface area contributed by atoms with E-state index in [1.807, 2.05) is 29.9 Å². The molecule has 5 rings (SSSR count). The summed E-state index contributed by atoms with van der Waals surface area (Å²) in [5.41, 5.74) is 4.35. The normalized spacial score (nSPS) is 26.5. The number of aryl methyl sites for hydroxylation is 1. The Morgan fingerprint density at radius 2 is 1.90 bits per heavy atom. The number of ketones is 2. The molecule has 1 aromatic heterocycles. The molecule has 3 aliphatic carbocycles. The van der Waals surface area contributed by atoms with Crippen molar-refractivity contribution in [3.8, 4) is 5.75 Å². The fraction of sp³-hybridized carbons (Fsp3) is 0.393. The minimum Gasteiger partial charge on any atom is -0.508 e. The molecule has 1 amide bonds. The summed E-state index contributed by atoms with van der Waals surface area (Å²) in [5, 5.41) is 48.0. The SMILES string of the molecule is CN(C)[C@H]1C(=O)C(C(N)=O)=C(O)[C@]2(O)C(=O)C3=C(O)c4c(O)ccc(CNCc5cccn5C)c4C[C@@H]3C[C@H]12. The lowest BCUT2D eigenvalue weighted by molar-refractivity contribution is -0.153. The summed E-state index contributed by atoms with van der Waals surface area (Å²) in [6.07, 6.45) is 2.25. The number of nitrogens with one attached hydrogen (secondary N) is 1. The van der Waals surface area contributed by atoms with Gasteiger partial charge in [0.05, 0.1) is 11.6 Å². The van der Waals surface area contributed by atoms with Crippen LogP contribution in [0.15, 0.2) is 47.4 Å². The number of fused-ring (bicyclic) bond motifs is 3. The second-order valence-electron chi connectivity index (χ2n) is 10.8. The van der Waals surface area contributed by atoms with Crippen LogP contribution in [0.4, 0.5) is 0 Å². The first kappa shape index (κ1) is 26.7. The van der Waals surface area contributed by atoms with Gasteiger partial charge in [-0.3, -0.25) is 19.3 Å². The number of aromatic hydroxyl groups is 1. The van der Waals surface area contributed by atoms with Crippen LogP contribution in [0.1, 0.15) is 28.8 Å². The molecule has 0 radical (unpaired) electrons. The maximum atomic E-state index is 13.9.